The van der Waals surface area contributed by atoms with Gasteiger partial charge in [0.15, 0.2) is 0 Å². The average Bonchev–Trinajstić information content (AvgIpc) is 2.59. The van der Waals surface area contributed by atoms with Crippen LogP contribution in [0, 0.1) is 10.8 Å². The Kier molecular flexibility index (Phi) is 10.4. The highest BCUT2D eigenvalue weighted by Gasteiger charge is 2.37. The first-order chi connectivity index (χ1) is 12.7. The van der Waals surface area contributed by atoms with Crippen molar-refractivity contribution in [1.82, 2.24) is 0 Å². The first-order valence-electron chi connectivity index (χ1n) is 10.2. The van der Waals surface area contributed by atoms with E-state index in [2.05, 4.69) is 13.8 Å². The summed E-state index contributed by atoms with van der Waals surface area (Å²) in [7, 11) is 0. The fourth-order valence-corrected chi connectivity index (χ4v) is 3.07. The van der Waals surface area contributed by atoms with Crippen molar-refractivity contribution in [2.45, 2.75) is 52.4 Å². The Bertz CT molecular complexity index is 309. The van der Waals surface area contributed by atoms with E-state index in [-0.39, 0.29) is 10.8 Å². The van der Waals surface area contributed by atoms with Crippen molar-refractivity contribution in [3.8, 4) is 0 Å². The van der Waals surface area contributed by atoms with Gasteiger partial charge in [0.25, 0.3) is 0 Å². The lowest BCUT2D eigenvalue weighted by atomic mass is 9.84. The van der Waals surface area contributed by atoms with Gasteiger partial charge in [0.2, 0.25) is 0 Å². The molecule has 2 rings (SSSR count). The molecule has 6 nitrogen and oxygen atoms in total. The predicted octanol–water partition coefficient (Wildman–Crippen LogP) is 3.38. The number of hydrogen-bond donors (Lipinski definition) is 0. The molecule has 0 aliphatic carbocycles. The van der Waals surface area contributed by atoms with Crippen LogP contribution in [-0.4, -0.2) is 66.4 Å². The van der Waals surface area contributed by atoms with E-state index in [0.29, 0.717) is 13.6 Å². The van der Waals surface area contributed by atoms with E-state index in [1.54, 1.807) is 0 Å². The first-order valence-corrected chi connectivity index (χ1v) is 10.2. The van der Waals surface area contributed by atoms with Gasteiger partial charge in [0, 0.05) is 24.0 Å². The summed E-state index contributed by atoms with van der Waals surface area (Å²) < 4.78 is 32.9. The van der Waals surface area contributed by atoms with Crippen LogP contribution in [0.5, 0.6) is 0 Å². The predicted molar refractivity (Wildman–Crippen MR) is 99.1 cm³/mol. The summed E-state index contributed by atoms with van der Waals surface area (Å²) in [6.45, 7) is 11.5. The molecule has 0 aromatic rings. The van der Waals surface area contributed by atoms with Gasteiger partial charge in [-0.05, 0) is 25.7 Å². The van der Waals surface area contributed by atoms with Crippen molar-refractivity contribution >= 4 is 0 Å². The molecule has 6 heteroatoms. The van der Waals surface area contributed by atoms with E-state index in [1.165, 1.54) is 0 Å². The average molecular weight is 375 g/mol. The van der Waals surface area contributed by atoms with Crippen molar-refractivity contribution in [3.05, 3.63) is 0 Å². The van der Waals surface area contributed by atoms with E-state index in [1.807, 2.05) is 0 Å². The van der Waals surface area contributed by atoms with Crippen LogP contribution in [-0.2, 0) is 28.4 Å². The van der Waals surface area contributed by atoms with Gasteiger partial charge in [-0.2, -0.15) is 0 Å². The summed E-state index contributed by atoms with van der Waals surface area (Å²) in [5, 5.41) is 0. The Balaban J connectivity index is 1.26. The monoisotopic (exact) mass is 374 g/mol. The van der Waals surface area contributed by atoms with Crippen molar-refractivity contribution in [2.75, 3.05) is 66.4 Å². The molecule has 0 amide bonds. The molecule has 2 aliphatic rings. The molecule has 0 N–H and O–H groups in total. The smallest absolute Gasteiger partial charge is 0.146 e. The molecular weight excluding hydrogens is 336 g/mol. The minimum atomic E-state index is 0.246. The second-order valence-electron chi connectivity index (χ2n) is 7.86. The number of ether oxygens (including phenoxy) is 6. The Morgan fingerprint density at radius 2 is 1.04 bits per heavy atom. The Labute approximate surface area is 158 Å². The summed E-state index contributed by atoms with van der Waals surface area (Å²) in [4.78, 5) is 0. The van der Waals surface area contributed by atoms with Gasteiger partial charge < -0.3 is 28.4 Å². The highest BCUT2D eigenvalue weighted by Crippen LogP contribution is 2.31. The van der Waals surface area contributed by atoms with Crippen LogP contribution in [0.25, 0.3) is 0 Å². The van der Waals surface area contributed by atoms with E-state index < -0.39 is 0 Å². The zero-order valence-electron chi connectivity index (χ0n) is 16.8. The second-order valence-corrected chi connectivity index (χ2v) is 7.86. The van der Waals surface area contributed by atoms with Crippen LogP contribution in [0.1, 0.15) is 52.4 Å². The third-order valence-corrected chi connectivity index (χ3v) is 5.61. The maximum Gasteiger partial charge on any atom is 0.146 e. The van der Waals surface area contributed by atoms with Gasteiger partial charge in [0.1, 0.15) is 13.6 Å². The van der Waals surface area contributed by atoms with Crippen LogP contribution < -0.4 is 0 Å². The normalized spacial score (nSPS) is 20.5. The Hall–Kier alpha value is -0.240. The first kappa shape index (κ1) is 22.1. The molecule has 2 saturated heterocycles. The third-order valence-electron chi connectivity index (χ3n) is 5.61. The third kappa shape index (κ3) is 7.41. The molecule has 0 unspecified atom stereocenters. The lowest BCUT2D eigenvalue weighted by Gasteiger charge is -2.40. The van der Waals surface area contributed by atoms with Crippen molar-refractivity contribution in [3.63, 3.8) is 0 Å². The molecule has 2 heterocycles. The number of hydrogen-bond acceptors (Lipinski definition) is 6. The summed E-state index contributed by atoms with van der Waals surface area (Å²) in [5.41, 5.74) is 0.492. The quantitative estimate of drug-likeness (QED) is 0.287. The fraction of sp³-hybridized carbons (Fsp3) is 1.00. The van der Waals surface area contributed by atoms with Crippen LogP contribution in [0.15, 0.2) is 0 Å². The summed E-state index contributed by atoms with van der Waals surface area (Å²) in [6.07, 6.45) is 6.67. The minimum absolute atomic E-state index is 0.246. The van der Waals surface area contributed by atoms with Crippen LogP contribution >= 0.6 is 0 Å². The van der Waals surface area contributed by atoms with Gasteiger partial charge in [-0.15, -0.1) is 0 Å². The summed E-state index contributed by atoms with van der Waals surface area (Å²) >= 11 is 0. The SMILES string of the molecule is CCC1(COCOCCCCCCOCOCC2(CC)COC2)COC1. The van der Waals surface area contributed by atoms with Gasteiger partial charge in [-0.25, -0.2) is 0 Å². The maximum atomic E-state index is 5.61. The molecule has 26 heavy (non-hydrogen) atoms. The highest BCUT2D eigenvalue weighted by atomic mass is 16.7. The van der Waals surface area contributed by atoms with Crippen LogP contribution in [0.2, 0.25) is 0 Å². The van der Waals surface area contributed by atoms with Crippen molar-refractivity contribution < 1.29 is 28.4 Å². The number of unbranched alkanes of at least 4 members (excludes halogenated alkanes) is 3. The standard InChI is InChI=1S/C20H38O6/c1-3-19(11-23-12-19)15-25-17-21-9-7-5-6-8-10-22-18-26-16-20(4-2)13-24-14-20/h3-18H2,1-2H3. The minimum Gasteiger partial charge on any atom is -0.380 e. The maximum absolute atomic E-state index is 5.61. The van der Waals surface area contributed by atoms with Crippen molar-refractivity contribution in [1.29, 1.82) is 0 Å². The molecule has 2 aliphatic heterocycles. The molecule has 0 atom stereocenters. The molecular formula is C20H38O6. The van der Waals surface area contributed by atoms with E-state index in [4.69, 9.17) is 28.4 Å². The van der Waals surface area contributed by atoms with Crippen LogP contribution in [0.3, 0.4) is 0 Å². The van der Waals surface area contributed by atoms with Gasteiger partial charge in [-0.3, -0.25) is 0 Å². The molecule has 154 valence electrons. The van der Waals surface area contributed by atoms with E-state index in [9.17, 15) is 0 Å². The van der Waals surface area contributed by atoms with Crippen molar-refractivity contribution in [2.24, 2.45) is 10.8 Å². The molecule has 2 fully saturated rings. The second kappa shape index (κ2) is 12.3. The molecule has 0 spiro atoms. The zero-order valence-corrected chi connectivity index (χ0v) is 16.8. The largest absolute Gasteiger partial charge is 0.380 e. The summed E-state index contributed by atoms with van der Waals surface area (Å²) in [5.74, 6) is 0. The molecule has 0 aromatic carbocycles. The van der Waals surface area contributed by atoms with Gasteiger partial charge in [-0.1, -0.05) is 26.7 Å². The Morgan fingerprint density at radius 3 is 1.35 bits per heavy atom. The fourth-order valence-electron chi connectivity index (χ4n) is 3.07. The van der Waals surface area contributed by atoms with E-state index in [0.717, 1.165) is 91.4 Å². The molecule has 0 saturated carbocycles. The molecule has 0 bridgehead atoms. The lowest BCUT2D eigenvalue weighted by Crippen LogP contribution is -2.45. The van der Waals surface area contributed by atoms with Gasteiger partial charge in [0.05, 0.1) is 39.6 Å². The van der Waals surface area contributed by atoms with Gasteiger partial charge >= 0.3 is 0 Å². The number of rotatable bonds is 17. The Morgan fingerprint density at radius 1 is 0.615 bits per heavy atom. The summed E-state index contributed by atoms with van der Waals surface area (Å²) in [6, 6.07) is 0. The molecule has 0 radical (unpaired) electrons. The zero-order chi connectivity index (χ0) is 18.6. The molecule has 0 aromatic heterocycles. The highest BCUT2D eigenvalue weighted by molar-refractivity contribution is 4.84. The lowest BCUT2D eigenvalue weighted by molar-refractivity contribution is -0.173. The van der Waals surface area contributed by atoms with Crippen LogP contribution in [0.4, 0.5) is 0 Å². The topological polar surface area (TPSA) is 55.4 Å². The van der Waals surface area contributed by atoms with E-state index >= 15 is 0 Å².